The van der Waals surface area contributed by atoms with Crippen molar-refractivity contribution in [3.63, 3.8) is 0 Å². The molecule has 10 nitrogen and oxygen atoms in total. The molecule has 2 aliphatic carbocycles. The van der Waals surface area contributed by atoms with Crippen molar-refractivity contribution in [1.29, 1.82) is 5.26 Å². The van der Waals surface area contributed by atoms with Crippen molar-refractivity contribution in [2.24, 2.45) is 11.1 Å². The number of hydrogen-bond donors (Lipinski definition) is 3. The number of halogens is 5. The van der Waals surface area contributed by atoms with Crippen molar-refractivity contribution in [2.75, 3.05) is 5.32 Å². The van der Waals surface area contributed by atoms with Gasteiger partial charge in [0.05, 0.1) is 41.1 Å². The maximum atomic E-state index is 13.7. The summed E-state index contributed by atoms with van der Waals surface area (Å²) in [7, 11) is 0. The minimum absolute atomic E-state index is 0.00598. The quantitative estimate of drug-likeness (QED) is 0.367. The minimum Gasteiger partial charge on any atom is -0.393 e. The predicted octanol–water partition coefficient (Wildman–Crippen LogP) is 4.49. The van der Waals surface area contributed by atoms with Crippen molar-refractivity contribution in [3.05, 3.63) is 64.5 Å². The summed E-state index contributed by atoms with van der Waals surface area (Å²) in [6, 6.07) is 3.52. The Morgan fingerprint density at radius 3 is 2.40 bits per heavy atom. The maximum absolute atomic E-state index is 13.7. The number of nitrogens with two attached hydrogens (primary N) is 1. The number of Topliss-reactive ketones (excluding diaryl/α,β-unsaturated/α-hetero) is 1. The number of aliphatic hydroxyl groups is 1. The molecule has 0 unspecified atom stereocenters. The van der Waals surface area contributed by atoms with Crippen LogP contribution in [0.5, 0.6) is 0 Å². The van der Waals surface area contributed by atoms with Gasteiger partial charge in [0, 0.05) is 18.5 Å². The maximum Gasteiger partial charge on any atom is 0.435 e. The summed E-state index contributed by atoms with van der Waals surface area (Å²) < 4.78 is 66.7. The molecule has 15 heteroatoms. The van der Waals surface area contributed by atoms with Crippen LogP contribution in [0.2, 0.25) is 0 Å². The minimum atomic E-state index is -4.79. The third kappa shape index (κ3) is 7.14. The number of nitriles is 1. The van der Waals surface area contributed by atoms with E-state index in [-0.39, 0.29) is 53.4 Å². The number of anilines is 1. The van der Waals surface area contributed by atoms with Crippen LogP contribution in [0.1, 0.15) is 83.9 Å². The van der Waals surface area contributed by atoms with Crippen molar-refractivity contribution >= 4 is 17.4 Å². The lowest BCUT2D eigenvalue weighted by Gasteiger charge is -2.29. The fraction of sp³-hybridized carbons (Fsp3) is 0.429. The monoisotopic (exact) mass is 605 g/mol. The molecule has 0 saturated heterocycles. The van der Waals surface area contributed by atoms with Gasteiger partial charge in [-0.05, 0) is 43.6 Å². The van der Waals surface area contributed by atoms with E-state index in [2.05, 4.69) is 20.4 Å². The summed E-state index contributed by atoms with van der Waals surface area (Å²) in [6.45, 7) is 3.63. The Morgan fingerprint density at radius 1 is 1.14 bits per heavy atom. The summed E-state index contributed by atoms with van der Waals surface area (Å²) >= 11 is 0. The molecule has 5 rings (SSSR count). The molecule has 0 spiro atoms. The number of nitrogens with one attached hydrogen (secondary N) is 1. The van der Waals surface area contributed by atoms with Crippen molar-refractivity contribution in [3.8, 4) is 11.8 Å². The van der Waals surface area contributed by atoms with Crippen LogP contribution < -0.4 is 11.1 Å². The Morgan fingerprint density at radius 2 is 1.81 bits per heavy atom. The van der Waals surface area contributed by atoms with Gasteiger partial charge in [0.2, 0.25) is 0 Å². The van der Waals surface area contributed by atoms with Crippen LogP contribution in [-0.2, 0) is 12.6 Å². The number of nitrogens with zero attached hydrogens (tertiary/aromatic N) is 5. The van der Waals surface area contributed by atoms with Crippen molar-refractivity contribution in [2.45, 2.75) is 70.7 Å². The number of fused-ring (bicyclic) bond motifs is 1. The molecule has 0 radical (unpaired) electrons. The molecule has 4 N–H and O–H groups in total. The number of aromatic nitrogens is 4. The third-order valence-corrected chi connectivity index (χ3v) is 7.13. The number of carbonyl (C=O) groups is 2. The van der Waals surface area contributed by atoms with Crippen LogP contribution in [-0.4, -0.2) is 48.7 Å². The zero-order valence-corrected chi connectivity index (χ0v) is 23.2. The highest BCUT2D eigenvalue weighted by atomic mass is 19.4. The number of ketones is 1. The van der Waals surface area contributed by atoms with Crippen LogP contribution in [0.15, 0.2) is 24.5 Å². The van der Waals surface area contributed by atoms with Crippen LogP contribution in [0, 0.1) is 28.4 Å². The Balaban J connectivity index is 0.000000359. The Kier molecular flexibility index (Phi) is 8.82. The number of amides is 1. The molecule has 2 aliphatic rings. The van der Waals surface area contributed by atoms with E-state index in [1.807, 2.05) is 13.8 Å². The normalized spacial score (nSPS) is 19.5. The first-order valence-corrected chi connectivity index (χ1v) is 13.3. The van der Waals surface area contributed by atoms with Gasteiger partial charge in [-0.15, -0.1) is 0 Å². The van der Waals surface area contributed by atoms with E-state index in [9.17, 15) is 36.6 Å². The van der Waals surface area contributed by atoms with Gasteiger partial charge in [-0.1, -0.05) is 13.8 Å². The second-order valence-corrected chi connectivity index (χ2v) is 11.2. The lowest BCUT2D eigenvalue weighted by Crippen LogP contribution is -2.30. The number of aliphatic hydroxyl groups excluding tert-OH is 1. The van der Waals surface area contributed by atoms with Gasteiger partial charge in [-0.25, -0.2) is 23.4 Å². The average Bonchev–Trinajstić information content (AvgIpc) is 3.30. The van der Waals surface area contributed by atoms with Crippen LogP contribution >= 0.6 is 0 Å². The standard InChI is InChI=1S/C22H26F3N5O3.C6H2F2N2/c1-21(2)8-15-17(16(32)9-21)19(22(23,24)25)29-30(15)12-7-14(18(20(26)33)27-10-12)28-11-3-5-13(31)6-4-11;7-4-1-5(8)6(2-9)10-3-4/h7,10-11,13,28,31H,3-6,8-9H2,1-2H3,(H2,26,33);1,3H. The molecule has 1 amide bonds. The highest BCUT2D eigenvalue weighted by molar-refractivity contribution is 6.00. The van der Waals surface area contributed by atoms with E-state index in [1.165, 1.54) is 18.3 Å². The SMILES string of the molecule is CC1(C)CC(=O)c2c(C(F)(F)F)nn(-c3cnc(C(N)=O)c(NC4CCC(O)CC4)c3)c2C1.N#Cc1ncc(F)cc1F. The van der Waals surface area contributed by atoms with E-state index >= 15 is 0 Å². The molecule has 1 saturated carbocycles. The number of rotatable bonds is 4. The lowest BCUT2D eigenvalue weighted by atomic mass is 9.75. The summed E-state index contributed by atoms with van der Waals surface area (Å²) in [6.07, 6.45) is -0.436. The Bertz CT molecular complexity index is 1590. The molecule has 43 heavy (non-hydrogen) atoms. The summed E-state index contributed by atoms with van der Waals surface area (Å²) in [5.74, 6) is -3.09. The highest BCUT2D eigenvalue weighted by Gasteiger charge is 2.45. The van der Waals surface area contributed by atoms with Gasteiger partial charge < -0.3 is 16.2 Å². The van der Waals surface area contributed by atoms with Crippen LogP contribution in [0.4, 0.5) is 27.6 Å². The fourth-order valence-electron chi connectivity index (χ4n) is 5.17. The van der Waals surface area contributed by atoms with Gasteiger partial charge in [0.25, 0.3) is 5.91 Å². The molecule has 3 aromatic rings. The second kappa shape index (κ2) is 12.0. The van der Waals surface area contributed by atoms with E-state index < -0.39 is 46.2 Å². The molecule has 3 heterocycles. The predicted molar refractivity (Wildman–Crippen MR) is 142 cm³/mol. The lowest BCUT2D eigenvalue weighted by molar-refractivity contribution is -0.141. The van der Waals surface area contributed by atoms with Crippen LogP contribution in [0.25, 0.3) is 5.69 Å². The first-order chi connectivity index (χ1) is 20.1. The van der Waals surface area contributed by atoms with Gasteiger partial charge in [0.1, 0.15) is 11.9 Å². The fourth-order valence-corrected chi connectivity index (χ4v) is 5.17. The highest BCUT2D eigenvalue weighted by Crippen LogP contribution is 2.42. The zero-order valence-electron chi connectivity index (χ0n) is 23.2. The smallest absolute Gasteiger partial charge is 0.393 e. The largest absolute Gasteiger partial charge is 0.435 e. The van der Waals surface area contributed by atoms with Crippen molar-refractivity contribution < 1.29 is 36.6 Å². The number of primary amides is 1. The Hall–Kier alpha value is -4.45. The van der Waals surface area contributed by atoms with Gasteiger partial charge in [0.15, 0.2) is 28.7 Å². The Labute approximate surface area is 242 Å². The first-order valence-electron chi connectivity index (χ1n) is 13.3. The van der Waals surface area contributed by atoms with Gasteiger partial charge in [-0.2, -0.15) is 23.5 Å². The topological polar surface area (TPSA) is 160 Å². The van der Waals surface area contributed by atoms with Crippen LogP contribution in [0.3, 0.4) is 0 Å². The molecule has 3 aromatic heterocycles. The molecular formula is C28H28F5N7O3. The molecular weight excluding hydrogens is 577 g/mol. The van der Waals surface area contributed by atoms with E-state index in [4.69, 9.17) is 11.0 Å². The van der Waals surface area contributed by atoms with Gasteiger partial charge >= 0.3 is 6.18 Å². The summed E-state index contributed by atoms with van der Waals surface area (Å²) in [5.41, 5.74) is 3.51. The van der Waals surface area contributed by atoms with E-state index in [0.29, 0.717) is 31.7 Å². The molecule has 0 bridgehead atoms. The first kappa shape index (κ1) is 31.5. The van der Waals surface area contributed by atoms with E-state index in [1.54, 1.807) is 0 Å². The summed E-state index contributed by atoms with van der Waals surface area (Å²) in [4.78, 5) is 31.9. The van der Waals surface area contributed by atoms with E-state index in [0.717, 1.165) is 10.9 Å². The summed E-state index contributed by atoms with van der Waals surface area (Å²) in [5, 5.41) is 24.8. The molecule has 0 aromatic carbocycles. The average molecular weight is 606 g/mol. The molecule has 228 valence electrons. The number of alkyl halides is 3. The number of hydrogen-bond acceptors (Lipinski definition) is 8. The zero-order chi connectivity index (χ0) is 31.7. The number of carbonyl (C=O) groups excluding carboxylic acids is 2. The number of pyridine rings is 2. The van der Waals surface area contributed by atoms with Gasteiger partial charge in [-0.3, -0.25) is 9.59 Å². The molecule has 0 atom stereocenters. The third-order valence-electron chi connectivity index (χ3n) is 7.13. The van der Waals surface area contributed by atoms with Crippen molar-refractivity contribution in [1.82, 2.24) is 19.7 Å². The second-order valence-electron chi connectivity index (χ2n) is 11.2. The molecule has 0 aliphatic heterocycles. The molecule has 1 fully saturated rings.